The molecule has 1 aliphatic rings. The third kappa shape index (κ3) is 5.85. The van der Waals surface area contributed by atoms with E-state index < -0.39 is 35.1 Å². The third-order valence-corrected chi connectivity index (χ3v) is 6.43. The van der Waals surface area contributed by atoms with E-state index in [-0.39, 0.29) is 19.4 Å². The topological polar surface area (TPSA) is 113 Å². The summed E-state index contributed by atoms with van der Waals surface area (Å²) in [6, 6.07) is 8.13. The molecular weight excluding hydrogens is 402 g/mol. The quantitative estimate of drug-likeness (QED) is 0.212. The maximum absolute atomic E-state index is 13.3. The van der Waals surface area contributed by atoms with Gasteiger partial charge in [0.05, 0.1) is 11.7 Å². The number of imide groups is 1. The van der Waals surface area contributed by atoms with E-state index in [0.717, 1.165) is 16.2 Å². The molecule has 30 heavy (non-hydrogen) atoms. The molecule has 1 fully saturated rings. The molecule has 162 valence electrons. The van der Waals surface area contributed by atoms with E-state index in [4.69, 9.17) is 5.73 Å². The lowest BCUT2D eigenvalue weighted by Gasteiger charge is -2.34. The van der Waals surface area contributed by atoms with Gasteiger partial charge in [0.15, 0.2) is 0 Å². The highest BCUT2D eigenvalue weighted by Crippen LogP contribution is 2.40. The average Bonchev–Trinajstić information content (AvgIpc) is 3.01. The van der Waals surface area contributed by atoms with Gasteiger partial charge in [-0.3, -0.25) is 19.3 Å². The van der Waals surface area contributed by atoms with Gasteiger partial charge in [-0.1, -0.05) is 43.2 Å². The Morgan fingerprint density at radius 1 is 1.40 bits per heavy atom. The second kappa shape index (κ2) is 11.2. The standard InChI is InChI=1S/C22H29N3O4S/c1-3-4-11-30-12-10-22(2,15-24-29)17-14-19(26)25(21(17)28)18(20(23)27)13-16-8-6-5-7-9-16/h5-9,17-18,24,29H,10-15H2,1-2H3,(H2,23,27)/t17?,18-,22-/m0/s1. The number of nitrogens with two attached hydrogens (primary N) is 1. The maximum atomic E-state index is 13.3. The Kier molecular flexibility index (Phi) is 8.90. The Balaban J connectivity index is 2.19. The smallest absolute Gasteiger partial charge is 0.241 e. The van der Waals surface area contributed by atoms with Gasteiger partial charge in [0.2, 0.25) is 17.7 Å². The minimum absolute atomic E-state index is 0.00495. The van der Waals surface area contributed by atoms with E-state index in [1.54, 1.807) is 18.7 Å². The Morgan fingerprint density at radius 3 is 2.70 bits per heavy atom. The van der Waals surface area contributed by atoms with Crippen LogP contribution in [0.4, 0.5) is 0 Å². The number of carbonyl (C=O) groups is 3. The molecule has 8 heteroatoms. The summed E-state index contributed by atoms with van der Waals surface area (Å²) >= 11 is 1.64. The lowest BCUT2D eigenvalue weighted by atomic mass is 9.74. The lowest BCUT2D eigenvalue weighted by Crippen LogP contribution is -2.50. The van der Waals surface area contributed by atoms with E-state index in [1.807, 2.05) is 37.3 Å². The van der Waals surface area contributed by atoms with Crippen LogP contribution in [0.25, 0.3) is 0 Å². The highest BCUT2D eigenvalue weighted by atomic mass is 32.2. The molecule has 1 heterocycles. The summed E-state index contributed by atoms with van der Waals surface area (Å²) < 4.78 is 0. The summed E-state index contributed by atoms with van der Waals surface area (Å²) in [4.78, 5) is 39.2. The molecule has 3 atom stereocenters. The van der Waals surface area contributed by atoms with Crippen LogP contribution in [-0.4, -0.2) is 51.9 Å². The van der Waals surface area contributed by atoms with Crippen LogP contribution in [0.2, 0.25) is 0 Å². The van der Waals surface area contributed by atoms with Crippen LogP contribution >= 0.6 is 11.8 Å². The summed E-state index contributed by atoms with van der Waals surface area (Å²) in [5.74, 6) is 5.07. The maximum Gasteiger partial charge on any atom is 0.241 e. The largest absolute Gasteiger partial charge is 0.368 e. The summed E-state index contributed by atoms with van der Waals surface area (Å²) in [5, 5.41) is 9.35. The van der Waals surface area contributed by atoms with Gasteiger partial charge in [-0.2, -0.15) is 0 Å². The molecule has 0 aromatic heterocycles. The minimum atomic E-state index is -1.03. The molecule has 0 spiro atoms. The molecule has 1 aromatic carbocycles. The number of carbonyl (C=O) groups excluding carboxylic acids is 3. The summed E-state index contributed by atoms with van der Waals surface area (Å²) in [7, 11) is 0. The number of amides is 3. The first-order valence-electron chi connectivity index (χ1n) is 9.87. The van der Waals surface area contributed by atoms with Crippen LogP contribution in [-0.2, 0) is 20.8 Å². The van der Waals surface area contributed by atoms with Crippen LogP contribution in [0.5, 0.6) is 0 Å². The van der Waals surface area contributed by atoms with Crippen LogP contribution < -0.4 is 11.2 Å². The minimum Gasteiger partial charge on any atom is -0.368 e. The molecule has 1 saturated heterocycles. The van der Waals surface area contributed by atoms with Gasteiger partial charge in [0.1, 0.15) is 6.04 Å². The zero-order valence-electron chi connectivity index (χ0n) is 17.4. The molecule has 0 bridgehead atoms. The highest BCUT2D eigenvalue weighted by Gasteiger charge is 2.51. The molecule has 0 saturated carbocycles. The molecule has 0 radical (unpaired) electrons. The average molecular weight is 432 g/mol. The molecule has 4 N–H and O–H groups in total. The first-order valence-corrected chi connectivity index (χ1v) is 11.0. The number of rotatable bonds is 11. The summed E-state index contributed by atoms with van der Waals surface area (Å²) in [6.07, 6.45) is 0.782. The van der Waals surface area contributed by atoms with Crippen molar-refractivity contribution in [1.82, 2.24) is 10.4 Å². The van der Waals surface area contributed by atoms with Crippen LogP contribution in [0.15, 0.2) is 30.3 Å². The molecule has 1 unspecified atom stereocenters. The van der Waals surface area contributed by atoms with E-state index in [0.29, 0.717) is 12.2 Å². The van der Waals surface area contributed by atoms with Crippen molar-refractivity contribution in [2.45, 2.75) is 39.2 Å². The summed E-state index contributed by atoms with van der Waals surface area (Å²) in [5.41, 5.74) is 7.91. The number of hydrogen-bond donors (Lipinski definition) is 3. The Labute approximate surface area is 181 Å². The number of thioether (sulfide) groups is 1. The fourth-order valence-corrected chi connectivity index (χ4v) is 4.75. The normalized spacial score (nSPS) is 19.2. The first kappa shape index (κ1) is 23.9. The Bertz CT molecular complexity index is 821. The molecule has 1 aromatic rings. The van der Waals surface area contributed by atoms with Gasteiger partial charge in [0.25, 0.3) is 0 Å². The number of nitrogens with zero attached hydrogens (tertiary/aromatic N) is 1. The second-order valence-corrected chi connectivity index (χ2v) is 8.79. The molecule has 7 nitrogen and oxygen atoms in total. The first-order chi connectivity index (χ1) is 14.3. The van der Waals surface area contributed by atoms with Gasteiger partial charge < -0.3 is 10.9 Å². The van der Waals surface area contributed by atoms with Crippen molar-refractivity contribution in [3.8, 4) is 11.8 Å². The Hall–Kier alpha value is -2.34. The van der Waals surface area contributed by atoms with Gasteiger partial charge in [-0.15, -0.1) is 17.7 Å². The van der Waals surface area contributed by atoms with Crippen molar-refractivity contribution >= 4 is 29.5 Å². The number of hydrogen-bond acceptors (Lipinski definition) is 6. The monoisotopic (exact) mass is 431 g/mol. The number of benzene rings is 1. The molecular formula is C22H29N3O4S. The van der Waals surface area contributed by atoms with Gasteiger partial charge in [0, 0.05) is 19.4 Å². The second-order valence-electron chi connectivity index (χ2n) is 7.68. The van der Waals surface area contributed by atoms with Crippen molar-refractivity contribution in [3.63, 3.8) is 0 Å². The van der Waals surface area contributed by atoms with E-state index >= 15 is 0 Å². The molecule has 2 rings (SSSR count). The molecule has 0 aliphatic carbocycles. The summed E-state index contributed by atoms with van der Waals surface area (Å²) in [6.45, 7) is 3.81. The number of nitrogens with one attached hydrogen (secondary N) is 1. The number of likely N-dealkylation sites (tertiary alicyclic amines) is 1. The third-order valence-electron chi connectivity index (χ3n) is 5.59. The van der Waals surface area contributed by atoms with Crippen molar-refractivity contribution in [2.24, 2.45) is 17.1 Å². The predicted octanol–water partition coefficient (Wildman–Crippen LogP) is 1.59. The lowest BCUT2D eigenvalue weighted by molar-refractivity contribution is -0.147. The van der Waals surface area contributed by atoms with Gasteiger partial charge in [-0.05, 0) is 30.1 Å². The van der Waals surface area contributed by atoms with E-state index in [1.165, 1.54) is 0 Å². The van der Waals surface area contributed by atoms with Crippen molar-refractivity contribution < 1.29 is 19.6 Å². The van der Waals surface area contributed by atoms with Gasteiger partial charge in [-0.25, -0.2) is 5.48 Å². The number of hydroxylamine groups is 1. The molecule has 1 aliphatic heterocycles. The van der Waals surface area contributed by atoms with Crippen molar-refractivity contribution in [2.75, 3.05) is 18.1 Å². The van der Waals surface area contributed by atoms with Crippen LogP contribution in [0.3, 0.4) is 0 Å². The SMILES string of the molecule is CC#CCSCC[C@@](C)(CNO)C1CC(=O)N([C@@H](Cc2ccccc2)C(N)=O)C1=O. The predicted molar refractivity (Wildman–Crippen MR) is 116 cm³/mol. The van der Waals surface area contributed by atoms with Crippen LogP contribution in [0.1, 0.15) is 32.3 Å². The van der Waals surface area contributed by atoms with Gasteiger partial charge >= 0.3 is 0 Å². The fourth-order valence-electron chi connectivity index (χ4n) is 3.75. The highest BCUT2D eigenvalue weighted by molar-refractivity contribution is 7.99. The number of primary amides is 1. The van der Waals surface area contributed by atoms with E-state index in [2.05, 4.69) is 17.3 Å². The van der Waals surface area contributed by atoms with Crippen molar-refractivity contribution in [1.29, 1.82) is 0 Å². The zero-order valence-corrected chi connectivity index (χ0v) is 18.2. The van der Waals surface area contributed by atoms with E-state index in [9.17, 15) is 19.6 Å². The fraction of sp³-hybridized carbons (Fsp3) is 0.500. The molecule has 3 amide bonds. The van der Waals surface area contributed by atoms with Crippen LogP contribution in [0, 0.1) is 23.2 Å². The Morgan fingerprint density at radius 2 is 2.10 bits per heavy atom. The van der Waals surface area contributed by atoms with Crippen molar-refractivity contribution in [3.05, 3.63) is 35.9 Å². The zero-order chi connectivity index (χ0) is 22.1.